The van der Waals surface area contributed by atoms with Crippen LogP contribution in [-0.4, -0.2) is 24.6 Å². The van der Waals surface area contributed by atoms with Crippen LogP contribution in [0.3, 0.4) is 0 Å². The highest BCUT2D eigenvalue weighted by Gasteiger charge is 2.11. The zero-order valence-electron chi connectivity index (χ0n) is 13.7. The number of hydrogen-bond acceptors (Lipinski definition) is 5. The summed E-state index contributed by atoms with van der Waals surface area (Å²) in [6.45, 7) is -0.159. The van der Waals surface area contributed by atoms with Crippen LogP contribution in [0.5, 0.6) is 11.5 Å². The first kappa shape index (κ1) is 18.2. The summed E-state index contributed by atoms with van der Waals surface area (Å²) in [6, 6.07) is 11.3. The van der Waals surface area contributed by atoms with E-state index in [0.717, 1.165) is 0 Å². The topological polar surface area (TPSA) is 60.5 Å². The summed E-state index contributed by atoms with van der Waals surface area (Å²) in [5.74, 6) is -0.114. The van der Waals surface area contributed by atoms with Gasteiger partial charge >= 0.3 is 0 Å². The van der Waals surface area contributed by atoms with E-state index in [-0.39, 0.29) is 18.3 Å². The number of halogens is 2. The Labute approximate surface area is 158 Å². The van der Waals surface area contributed by atoms with Gasteiger partial charge in [-0.05, 0) is 42.5 Å². The number of benzene rings is 2. The lowest BCUT2D eigenvalue weighted by molar-refractivity contribution is -0.118. The van der Waals surface area contributed by atoms with Crippen LogP contribution in [0.25, 0.3) is 11.3 Å². The molecule has 3 rings (SSSR count). The minimum Gasteiger partial charge on any atom is -0.494 e. The lowest BCUT2D eigenvalue weighted by Crippen LogP contribution is -2.20. The van der Waals surface area contributed by atoms with E-state index in [1.54, 1.807) is 35.7 Å². The van der Waals surface area contributed by atoms with Gasteiger partial charge in [0.25, 0.3) is 5.91 Å². The number of nitrogens with one attached hydrogen (secondary N) is 1. The van der Waals surface area contributed by atoms with Gasteiger partial charge in [0.2, 0.25) is 0 Å². The van der Waals surface area contributed by atoms with Crippen molar-refractivity contribution in [3.63, 3.8) is 0 Å². The van der Waals surface area contributed by atoms with Gasteiger partial charge in [-0.2, -0.15) is 0 Å². The van der Waals surface area contributed by atoms with E-state index in [9.17, 15) is 9.18 Å². The highest BCUT2D eigenvalue weighted by atomic mass is 35.5. The summed E-state index contributed by atoms with van der Waals surface area (Å²) in [7, 11) is 1.40. The SMILES string of the molecule is COc1ccc(-c2csc(NC(=O)COc3ccc(Cl)cc3)n2)cc1F. The first-order valence-corrected chi connectivity index (χ1v) is 8.78. The van der Waals surface area contributed by atoms with Crippen LogP contribution in [0.2, 0.25) is 5.02 Å². The Morgan fingerprint density at radius 1 is 1.27 bits per heavy atom. The normalized spacial score (nSPS) is 10.4. The number of hydrogen-bond donors (Lipinski definition) is 1. The van der Waals surface area contributed by atoms with Gasteiger partial charge in [-0.1, -0.05) is 11.6 Å². The second-order valence-electron chi connectivity index (χ2n) is 5.18. The molecule has 8 heteroatoms. The Hall–Kier alpha value is -2.64. The van der Waals surface area contributed by atoms with E-state index in [2.05, 4.69) is 10.3 Å². The summed E-state index contributed by atoms with van der Waals surface area (Å²) in [5, 5.41) is 5.38. The first-order valence-electron chi connectivity index (χ1n) is 7.53. The molecule has 1 N–H and O–H groups in total. The number of carbonyl (C=O) groups excluding carboxylic acids is 1. The maximum absolute atomic E-state index is 13.8. The van der Waals surface area contributed by atoms with Gasteiger partial charge in [0.1, 0.15) is 5.75 Å². The standard InChI is InChI=1S/C18H14ClFN2O3S/c1-24-16-7-2-11(8-14(16)20)15-10-26-18(21-15)22-17(23)9-25-13-5-3-12(19)4-6-13/h2-8,10H,9H2,1H3,(H,21,22,23). The molecule has 5 nitrogen and oxygen atoms in total. The Bertz CT molecular complexity index is 915. The third-order valence-electron chi connectivity index (χ3n) is 3.38. The average Bonchev–Trinajstić information content (AvgIpc) is 3.09. The largest absolute Gasteiger partial charge is 0.494 e. The highest BCUT2D eigenvalue weighted by molar-refractivity contribution is 7.14. The van der Waals surface area contributed by atoms with E-state index in [1.165, 1.54) is 30.6 Å². The van der Waals surface area contributed by atoms with Crippen LogP contribution in [0.1, 0.15) is 0 Å². The Balaban J connectivity index is 1.60. The van der Waals surface area contributed by atoms with Gasteiger partial charge in [-0.3, -0.25) is 10.1 Å². The minimum absolute atomic E-state index is 0.159. The van der Waals surface area contributed by atoms with Crippen molar-refractivity contribution < 1.29 is 18.7 Å². The van der Waals surface area contributed by atoms with Crippen molar-refractivity contribution >= 4 is 34.0 Å². The van der Waals surface area contributed by atoms with Crippen molar-refractivity contribution in [3.05, 3.63) is 58.7 Å². The van der Waals surface area contributed by atoms with E-state index in [4.69, 9.17) is 21.1 Å². The fourth-order valence-electron chi connectivity index (χ4n) is 2.12. The van der Waals surface area contributed by atoms with Crippen LogP contribution in [-0.2, 0) is 4.79 Å². The molecular weight excluding hydrogens is 379 g/mol. The molecule has 3 aromatic rings. The summed E-state index contributed by atoms with van der Waals surface area (Å²) in [6.07, 6.45) is 0. The molecular formula is C18H14ClFN2O3S. The zero-order chi connectivity index (χ0) is 18.5. The molecule has 0 aliphatic carbocycles. The molecule has 0 unspecified atom stereocenters. The summed E-state index contributed by atoms with van der Waals surface area (Å²) < 4.78 is 24.1. The molecule has 0 radical (unpaired) electrons. The number of ether oxygens (including phenoxy) is 2. The molecule has 0 aliphatic heterocycles. The van der Waals surface area contributed by atoms with Crippen molar-refractivity contribution in [2.45, 2.75) is 0 Å². The number of thiazole rings is 1. The highest BCUT2D eigenvalue weighted by Crippen LogP contribution is 2.28. The van der Waals surface area contributed by atoms with E-state index in [1.807, 2.05) is 0 Å². The molecule has 0 fully saturated rings. The lowest BCUT2D eigenvalue weighted by atomic mass is 10.1. The Morgan fingerprint density at radius 3 is 2.73 bits per heavy atom. The molecule has 0 bridgehead atoms. The monoisotopic (exact) mass is 392 g/mol. The molecule has 0 aliphatic rings. The summed E-state index contributed by atoms with van der Waals surface area (Å²) in [4.78, 5) is 16.3. The predicted octanol–water partition coefficient (Wildman–Crippen LogP) is 4.63. The fourth-order valence-corrected chi connectivity index (χ4v) is 2.99. The van der Waals surface area contributed by atoms with Gasteiger partial charge in [0, 0.05) is 16.0 Å². The Morgan fingerprint density at radius 2 is 2.04 bits per heavy atom. The van der Waals surface area contributed by atoms with Crippen LogP contribution in [0, 0.1) is 5.82 Å². The van der Waals surface area contributed by atoms with E-state index < -0.39 is 5.82 Å². The van der Waals surface area contributed by atoms with E-state index in [0.29, 0.717) is 27.2 Å². The summed E-state index contributed by atoms with van der Waals surface area (Å²) in [5.41, 5.74) is 1.16. The quantitative estimate of drug-likeness (QED) is 0.664. The van der Waals surface area contributed by atoms with Crippen molar-refractivity contribution in [2.75, 3.05) is 19.0 Å². The van der Waals surface area contributed by atoms with Crippen molar-refractivity contribution in [2.24, 2.45) is 0 Å². The third kappa shape index (κ3) is 4.50. The molecule has 0 spiro atoms. The maximum Gasteiger partial charge on any atom is 0.264 e. The van der Waals surface area contributed by atoms with Gasteiger partial charge in [0.05, 0.1) is 12.8 Å². The molecule has 1 aromatic heterocycles. The number of rotatable bonds is 6. The molecule has 2 aromatic carbocycles. The lowest BCUT2D eigenvalue weighted by Gasteiger charge is -2.05. The third-order valence-corrected chi connectivity index (χ3v) is 4.39. The molecule has 0 atom stereocenters. The van der Waals surface area contributed by atoms with Crippen LogP contribution in [0.4, 0.5) is 9.52 Å². The zero-order valence-corrected chi connectivity index (χ0v) is 15.2. The fraction of sp³-hybridized carbons (Fsp3) is 0.111. The first-order chi connectivity index (χ1) is 12.5. The number of nitrogens with zero attached hydrogens (tertiary/aromatic N) is 1. The summed E-state index contributed by atoms with van der Waals surface area (Å²) >= 11 is 7.03. The molecule has 26 heavy (non-hydrogen) atoms. The number of amides is 1. The number of anilines is 1. The average molecular weight is 393 g/mol. The van der Waals surface area contributed by atoms with Gasteiger partial charge in [-0.15, -0.1) is 11.3 Å². The van der Waals surface area contributed by atoms with Gasteiger partial charge < -0.3 is 9.47 Å². The second kappa shape index (κ2) is 8.16. The second-order valence-corrected chi connectivity index (χ2v) is 6.47. The smallest absolute Gasteiger partial charge is 0.264 e. The number of carbonyl (C=O) groups is 1. The Kier molecular flexibility index (Phi) is 5.70. The van der Waals surface area contributed by atoms with Crippen LogP contribution < -0.4 is 14.8 Å². The maximum atomic E-state index is 13.8. The van der Waals surface area contributed by atoms with E-state index >= 15 is 0 Å². The number of methoxy groups -OCH3 is 1. The minimum atomic E-state index is -0.472. The van der Waals surface area contributed by atoms with Crippen molar-refractivity contribution in [3.8, 4) is 22.8 Å². The predicted molar refractivity (Wildman–Crippen MR) is 99.6 cm³/mol. The number of aromatic nitrogens is 1. The van der Waals surface area contributed by atoms with Crippen LogP contribution >= 0.6 is 22.9 Å². The van der Waals surface area contributed by atoms with Crippen LogP contribution in [0.15, 0.2) is 47.8 Å². The molecule has 0 saturated heterocycles. The van der Waals surface area contributed by atoms with Gasteiger partial charge in [0.15, 0.2) is 23.3 Å². The van der Waals surface area contributed by atoms with Gasteiger partial charge in [-0.25, -0.2) is 9.37 Å². The van der Waals surface area contributed by atoms with Crippen molar-refractivity contribution in [1.82, 2.24) is 4.98 Å². The molecule has 0 saturated carbocycles. The molecule has 1 heterocycles. The molecule has 1 amide bonds. The molecule has 134 valence electrons. The van der Waals surface area contributed by atoms with Crippen molar-refractivity contribution in [1.29, 1.82) is 0 Å².